The van der Waals surface area contributed by atoms with Crippen LogP contribution < -0.4 is 4.74 Å². The van der Waals surface area contributed by atoms with Crippen molar-refractivity contribution in [3.63, 3.8) is 0 Å². The molecule has 0 saturated heterocycles. The Balaban J connectivity index is 1.72. The zero-order valence-corrected chi connectivity index (χ0v) is 16.3. The van der Waals surface area contributed by atoms with Crippen molar-refractivity contribution in [2.24, 2.45) is 7.05 Å². The molecular formula is C19H19ClFN3OS. The summed E-state index contributed by atoms with van der Waals surface area (Å²) in [5, 5.41) is 9.54. The molecule has 0 radical (unpaired) electrons. The maximum atomic E-state index is 13.9. The van der Waals surface area contributed by atoms with Crippen LogP contribution in [0.15, 0.2) is 47.6 Å². The van der Waals surface area contributed by atoms with Gasteiger partial charge in [-0.05, 0) is 37.6 Å². The number of halogens is 2. The average Bonchev–Trinajstić information content (AvgIpc) is 2.97. The molecule has 2 aromatic carbocycles. The van der Waals surface area contributed by atoms with Crippen LogP contribution in [0.3, 0.4) is 0 Å². The molecule has 0 saturated carbocycles. The van der Waals surface area contributed by atoms with Gasteiger partial charge in [-0.2, -0.15) is 0 Å². The molecule has 26 heavy (non-hydrogen) atoms. The van der Waals surface area contributed by atoms with Crippen LogP contribution in [-0.4, -0.2) is 14.8 Å². The highest BCUT2D eigenvalue weighted by atomic mass is 35.5. The molecule has 3 rings (SSSR count). The van der Waals surface area contributed by atoms with Gasteiger partial charge in [-0.1, -0.05) is 47.6 Å². The summed E-state index contributed by atoms with van der Waals surface area (Å²) in [6.45, 7) is 3.93. The first-order valence-corrected chi connectivity index (χ1v) is 9.51. The van der Waals surface area contributed by atoms with Crippen LogP contribution in [0, 0.1) is 12.7 Å². The fourth-order valence-corrected chi connectivity index (χ4v) is 3.81. The van der Waals surface area contributed by atoms with Crippen LogP contribution in [0.25, 0.3) is 0 Å². The molecule has 1 aromatic heterocycles. The minimum atomic E-state index is -0.316. The van der Waals surface area contributed by atoms with Gasteiger partial charge in [-0.3, -0.25) is 0 Å². The van der Waals surface area contributed by atoms with Crippen LogP contribution >= 0.6 is 23.4 Å². The molecule has 0 fully saturated rings. The Hall–Kier alpha value is -2.05. The standard InChI is InChI=1S/C19H19ClFN3OS/c1-12-7-4-5-10-17(12)25-13(2)18-22-23-19(24(18)3)26-11-14-15(20)8-6-9-16(14)21/h4-10,13H,11H2,1-3H3. The van der Waals surface area contributed by atoms with Crippen molar-refractivity contribution in [3.05, 3.63) is 70.3 Å². The topological polar surface area (TPSA) is 39.9 Å². The number of thioether (sulfide) groups is 1. The van der Waals surface area contributed by atoms with Crippen LogP contribution in [-0.2, 0) is 12.8 Å². The second kappa shape index (κ2) is 8.10. The highest BCUT2D eigenvalue weighted by molar-refractivity contribution is 7.98. The summed E-state index contributed by atoms with van der Waals surface area (Å²) in [4.78, 5) is 0. The van der Waals surface area contributed by atoms with Gasteiger partial charge in [0.25, 0.3) is 0 Å². The van der Waals surface area contributed by atoms with Crippen LogP contribution in [0.2, 0.25) is 5.02 Å². The van der Waals surface area contributed by atoms with E-state index >= 15 is 0 Å². The number of nitrogens with zero attached hydrogens (tertiary/aromatic N) is 3. The van der Waals surface area contributed by atoms with Gasteiger partial charge in [0.15, 0.2) is 17.1 Å². The van der Waals surface area contributed by atoms with Crippen molar-refractivity contribution in [2.75, 3.05) is 0 Å². The van der Waals surface area contributed by atoms with E-state index in [4.69, 9.17) is 16.3 Å². The van der Waals surface area contributed by atoms with Gasteiger partial charge in [-0.25, -0.2) is 4.39 Å². The summed E-state index contributed by atoms with van der Waals surface area (Å²) in [6.07, 6.45) is -0.264. The lowest BCUT2D eigenvalue weighted by molar-refractivity contribution is 0.210. The van der Waals surface area contributed by atoms with E-state index in [9.17, 15) is 4.39 Å². The number of hydrogen-bond donors (Lipinski definition) is 0. The number of aromatic nitrogens is 3. The minimum Gasteiger partial charge on any atom is -0.482 e. The normalized spacial score (nSPS) is 12.2. The third-order valence-corrected chi connectivity index (χ3v) is 5.44. The number of aryl methyl sites for hydroxylation is 1. The second-order valence-electron chi connectivity index (χ2n) is 5.91. The fourth-order valence-electron chi connectivity index (χ4n) is 2.54. The van der Waals surface area contributed by atoms with Crippen molar-refractivity contribution in [3.8, 4) is 5.75 Å². The van der Waals surface area contributed by atoms with Gasteiger partial charge >= 0.3 is 0 Å². The Morgan fingerprint density at radius 1 is 1.19 bits per heavy atom. The third-order valence-electron chi connectivity index (χ3n) is 4.04. The molecule has 0 N–H and O–H groups in total. The molecule has 0 spiro atoms. The van der Waals surface area contributed by atoms with E-state index < -0.39 is 0 Å². The Labute approximate surface area is 161 Å². The Morgan fingerprint density at radius 3 is 2.69 bits per heavy atom. The third kappa shape index (κ3) is 4.02. The van der Waals surface area contributed by atoms with E-state index in [2.05, 4.69) is 10.2 Å². The summed E-state index contributed by atoms with van der Waals surface area (Å²) < 4.78 is 21.8. The minimum absolute atomic E-state index is 0.264. The molecule has 0 aliphatic heterocycles. The van der Waals surface area contributed by atoms with Crippen molar-refractivity contribution in [2.45, 2.75) is 30.9 Å². The Bertz CT molecular complexity index is 895. The number of ether oxygens (including phenoxy) is 1. The number of rotatable bonds is 6. The van der Waals surface area contributed by atoms with Gasteiger partial charge in [0.05, 0.1) is 0 Å². The molecular weight excluding hydrogens is 373 g/mol. The van der Waals surface area contributed by atoms with Crippen LogP contribution in [0.5, 0.6) is 5.75 Å². The van der Waals surface area contributed by atoms with E-state index in [1.165, 1.54) is 17.8 Å². The predicted octanol–water partition coefficient (Wildman–Crippen LogP) is 5.35. The van der Waals surface area contributed by atoms with E-state index in [-0.39, 0.29) is 11.9 Å². The maximum Gasteiger partial charge on any atom is 0.191 e. The van der Waals surface area contributed by atoms with Gasteiger partial charge in [0, 0.05) is 23.4 Å². The smallest absolute Gasteiger partial charge is 0.191 e. The van der Waals surface area contributed by atoms with E-state index in [0.29, 0.717) is 27.3 Å². The summed E-state index contributed by atoms with van der Waals surface area (Å²) in [5.74, 6) is 1.58. The molecule has 0 aliphatic rings. The van der Waals surface area contributed by atoms with Gasteiger partial charge in [0.2, 0.25) is 0 Å². The monoisotopic (exact) mass is 391 g/mol. The molecule has 1 unspecified atom stereocenters. The highest BCUT2D eigenvalue weighted by Crippen LogP contribution is 2.29. The summed E-state index contributed by atoms with van der Waals surface area (Å²) in [6, 6.07) is 12.5. The lowest BCUT2D eigenvalue weighted by Crippen LogP contribution is -2.10. The van der Waals surface area contributed by atoms with Crippen molar-refractivity contribution in [1.29, 1.82) is 0 Å². The molecule has 136 valence electrons. The summed E-state index contributed by atoms with van der Waals surface area (Å²) in [7, 11) is 1.87. The number of para-hydroxylation sites is 1. The summed E-state index contributed by atoms with van der Waals surface area (Å²) >= 11 is 7.47. The highest BCUT2D eigenvalue weighted by Gasteiger charge is 2.18. The molecule has 7 heteroatoms. The number of benzene rings is 2. The molecule has 1 heterocycles. The van der Waals surface area contributed by atoms with Crippen LogP contribution in [0.1, 0.15) is 30.0 Å². The largest absolute Gasteiger partial charge is 0.482 e. The average molecular weight is 392 g/mol. The Kier molecular flexibility index (Phi) is 5.84. The zero-order chi connectivity index (χ0) is 18.7. The molecule has 3 aromatic rings. The molecule has 0 amide bonds. The fraction of sp³-hybridized carbons (Fsp3) is 0.263. The van der Waals surface area contributed by atoms with E-state index in [0.717, 1.165) is 11.3 Å². The predicted molar refractivity (Wildman–Crippen MR) is 102 cm³/mol. The quantitative estimate of drug-likeness (QED) is 0.531. The van der Waals surface area contributed by atoms with Crippen molar-refractivity contribution in [1.82, 2.24) is 14.8 Å². The number of hydrogen-bond acceptors (Lipinski definition) is 4. The van der Waals surface area contributed by atoms with Gasteiger partial charge in [0.1, 0.15) is 11.6 Å². The lowest BCUT2D eigenvalue weighted by atomic mass is 10.2. The lowest BCUT2D eigenvalue weighted by Gasteiger charge is -2.15. The molecule has 4 nitrogen and oxygen atoms in total. The SMILES string of the molecule is Cc1ccccc1OC(C)c1nnc(SCc2c(F)cccc2Cl)n1C. The van der Waals surface area contributed by atoms with Gasteiger partial charge in [-0.15, -0.1) is 10.2 Å². The molecule has 0 aliphatic carbocycles. The van der Waals surface area contributed by atoms with Crippen molar-refractivity contribution >= 4 is 23.4 Å². The first kappa shape index (κ1) is 18.7. The molecule has 0 bridgehead atoms. The first-order chi connectivity index (χ1) is 12.5. The van der Waals surface area contributed by atoms with Gasteiger partial charge < -0.3 is 9.30 Å². The second-order valence-corrected chi connectivity index (χ2v) is 7.26. The first-order valence-electron chi connectivity index (χ1n) is 8.14. The van der Waals surface area contributed by atoms with E-state index in [1.807, 2.05) is 49.7 Å². The summed E-state index contributed by atoms with van der Waals surface area (Å²) in [5.41, 5.74) is 1.53. The Morgan fingerprint density at radius 2 is 1.96 bits per heavy atom. The maximum absolute atomic E-state index is 13.9. The zero-order valence-electron chi connectivity index (χ0n) is 14.7. The van der Waals surface area contributed by atoms with Crippen molar-refractivity contribution < 1.29 is 9.13 Å². The molecule has 1 atom stereocenters. The van der Waals surface area contributed by atoms with Crippen LogP contribution in [0.4, 0.5) is 4.39 Å². The van der Waals surface area contributed by atoms with E-state index in [1.54, 1.807) is 12.1 Å².